The summed E-state index contributed by atoms with van der Waals surface area (Å²) in [5, 5.41) is 11.3. The molecule has 0 aliphatic carbocycles. The van der Waals surface area contributed by atoms with Gasteiger partial charge in [0.05, 0.1) is 23.8 Å². The molecule has 0 atom stereocenters. The number of carbonyl (C=O) groups excluding carboxylic acids is 2. The predicted molar refractivity (Wildman–Crippen MR) is 98.3 cm³/mol. The van der Waals surface area contributed by atoms with E-state index in [1.165, 1.54) is 23.9 Å². The monoisotopic (exact) mass is 360 g/mol. The molecule has 0 aromatic heterocycles. The fourth-order valence-electron chi connectivity index (χ4n) is 2.97. The van der Waals surface area contributed by atoms with E-state index in [-0.39, 0.29) is 11.5 Å². The SMILES string of the molecule is O=C([O-])c1ccc2c(c1)N(Cc1ccccc1)C(=O)c1ccccc1S2. The number of aromatic carboxylic acids is 1. The van der Waals surface area contributed by atoms with Gasteiger partial charge in [0, 0.05) is 9.79 Å². The zero-order valence-electron chi connectivity index (χ0n) is 13.7. The molecule has 0 saturated heterocycles. The highest BCUT2D eigenvalue weighted by Gasteiger charge is 2.27. The first-order valence-corrected chi connectivity index (χ1v) is 8.93. The summed E-state index contributed by atoms with van der Waals surface area (Å²) in [4.78, 5) is 27.9. The van der Waals surface area contributed by atoms with Crippen molar-refractivity contribution in [1.29, 1.82) is 0 Å². The molecule has 26 heavy (non-hydrogen) atoms. The number of carboxylic acids is 1. The van der Waals surface area contributed by atoms with Crippen molar-refractivity contribution in [2.75, 3.05) is 4.90 Å². The molecule has 5 heteroatoms. The first-order chi connectivity index (χ1) is 12.6. The van der Waals surface area contributed by atoms with Crippen molar-refractivity contribution in [2.24, 2.45) is 0 Å². The second-order valence-electron chi connectivity index (χ2n) is 5.95. The number of carbonyl (C=O) groups is 2. The van der Waals surface area contributed by atoms with Gasteiger partial charge in [-0.25, -0.2) is 0 Å². The molecule has 3 aromatic carbocycles. The van der Waals surface area contributed by atoms with Gasteiger partial charge >= 0.3 is 0 Å². The Morgan fingerprint density at radius 2 is 1.65 bits per heavy atom. The molecule has 4 nitrogen and oxygen atoms in total. The van der Waals surface area contributed by atoms with Crippen molar-refractivity contribution in [3.05, 3.63) is 89.5 Å². The number of nitrogens with zero attached hydrogens (tertiary/aromatic N) is 1. The lowest BCUT2D eigenvalue weighted by Gasteiger charge is -2.24. The summed E-state index contributed by atoms with van der Waals surface area (Å²) >= 11 is 1.47. The van der Waals surface area contributed by atoms with Crippen LogP contribution in [-0.4, -0.2) is 11.9 Å². The van der Waals surface area contributed by atoms with Gasteiger partial charge in [-0.05, 0) is 35.4 Å². The Hall–Kier alpha value is -3.05. The van der Waals surface area contributed by atoms with E-state index in [0.29, 0.717) is 17.8 Å². The zero-order chi connectivity index (χ0) is 18.1. The summed E-state index contributed by atoms with van der Waals surface area (Å²) in [6, 6.07) is 21.8. The predicted octanol–water partition coefficient (Wildman–Crippen LogP) is 3.36. The van der Waals surface area contributed by atoms with Gasteiger partial charge in [-0.15, -0.1) is 0 Å². The molecule has 1 amide bonds. The van der Waals surface area contributed by atoms with Crippen LogP contribution in [0.15, 0.2) is 82.6 Å². The van der Waals surface area contributed by atoms with Crippen molar-refractivity contribution in [1.82, 2.24) is 0 Å². The standard InChI is InChI=1S/C21H15NO3S/c23-20-16-8-4-5-9-18(16)26-19-11-10-15(21(24)25)12-17(19)22(20)13-14-6-2-1-3-7-14/h1-12H,13H2,(H,24,25)/p-1. The summed E-state index contributed by atoms with van der Waals surface area (Å²) in [6.07, 6.45) is 0. The number of fused-ring (bicyclic) bond motifs is 2. The quantitative estimate of drug-likeness (QED) is 0.719. The molecular formula is C21H14NO3S-. The largest absolute Gasteiger partial charge is 0.545 e. The number of benzene rings is 3. The minimum atomic E-state index is -1.26. The van der Waals surface area contributed by atoms with Crippen LogP contribution in [-0.2, 0) is 6.54 Å². The maximum Gasteiger partial charge on any atom is 0.259 e. The summed E-state index contributed by atoms with van der Waals surface area (Å²) in [5.41, 5.74) is 2.22. The molecule has 0 unspecified atom stereocenters. The molecule has 0 N–H and O–H groups in total. The van der Waals surface area contributed by atoms with Crippen molar-refractivity contribution in [2.45, 2.75) is 16.3 Å². The summed E-state index contributed by atoms with van der Waals surface area (Å²) < 4.78 is 0. The third-order valence-electron chi connectivity index (χ3n) is 4.25. The van der Waals surface area contributed by atoms with E-state index in [1.54, 1.807) is 17.0 Å². The highest BCUT2D eigenvalue weighted by atomic mass is 32.2. The van der Waals surface area contributed by atoms with Crippen molar-refractivity contribution >= 4 is 29.3 Å². The van der Waals surface area contributed by atoms with Gasteiger partial charge in [0.25, 0.3) is 5.91 Å². The Balaban J connectivity index is 1.88. The van der Waals surface area contributed by atoms with Crippen LogP contribution < -0.4 is 10.0 Å². The van der Waals surface area contributed by atoms with Gasteiger partial charge in [-0.1, -0.05) is 60.3 Å². The Labute approximate surface area is 155 Å². The van der Waals surface area contributed by atoms with Crippen LogP contribution in [0.4, 0.5) is 5.69 Å². The smallest absolute Gasteiger partial charge is 0.259 e. The molecule has 4 rings (SSSR count). The van der Waals surface area contributed by atoms with E-state index < -0.39 is 5.97 Å². The topological polar surface area (TPSA) is 60.4 Å². The molecule has 1 aliphatic heterocycles. The van der Waals surface area contributed by atoms with Crippen LogP contribution in [0.1, 0.15) is 26.3 Å². The minimum absolute atomic E-state index is 0.0566. The first-order valence-electron chi connectivity index (χ1n) is 8.11. The third-order valence-corrected chi connectivity index (χ3v) is 5.39. The zero-order valence-corrected chi connectivity index (χ0v) is 14.5. The maximum atomic E-state index is 13.2. The Bertz CT molecular complexity index is 1000. The van der Waals surface area contributed by atoms with Crippen LogP contribution in [0.3, 0.4) is 0 Å². The first kappa shape index (κ1) is 16.4. The van der Waals surface area contributed by atoms with Crippen LogP contribution >= 0.6 is 11.8 Å². The molecule has 3 aromatic rings. The highest BCUT2D eigenvalue weighted by molar-refractivity contribution is 7.99. The van der Waals surface area contributed by atoms with Gasteiger partial charge in [0.1, 0.15) is 0 Å². The molecule has 0 fully saturated rings. The lowest BCUT2D eigenvalue weighted by molar-refractivity contribution is -0.255. The molecular weight excluding hydrogens is 346 g/mol. The van der Waals surface area contributed by atoms with Gasteiger partial charge < -0.3 is 14.8 Å². The van der Waals surface area contributed by atoms with E-state index in [1.807, 2.05) is 48.5 Å². The Kier molecular flexibility index (Phi) is 4.22. The van der Waals surface area contributed by atoms with Gasteiger partial charge in [0.2, 0.25) is 0 Å². The second kappa shape index (κ2) is 6.69. The molecule has 0 saturated carbocycles. The Morgan fingerprint density at radius 3 is 2.42 bits per heavy atom. The fourth-order valence-corrected chi connectivity index (χ4v) is 4.03. The van der Waals surface area contributed by atoms with Crippen LogP contribution in [0.2, 0.25) is 0 Å². The van der Waals surface area contributed by atoms with Crippen LogP contribution in [0.25, 0.3) is 0 Å². The molecule has 1 aliphatic rings. The van der Waals surface area contributed by atoms with Gasteiger partial charge in [0.15, 0.2) is 0 Å². The second-order valence-corrected chi connectivity index (χ2v) is 7.03. The normalized spacial score (nSPS) is 12.9. The van der Waals surface area contributed by atoms with E-state index >= 15 is 0 Å². The average Bonchev–Trinajstić information content (AvgIpc) is 2.77. The van der Waals surface area contributed by atoms with Crippen molar-refractivity contribution in [3.63, 3.8) is 0 Å². The molecule has 128 valence electrons. The number of hydrogen-bond donors (Lipinski definition) is 0. The van der Waals surface area contributed by atoms with E-state index in [2.05, 4.69) is 0 Å². The van der Waals surface area contributed by atoms with Crippen molar-refractivity contribution in [3.8, 4) is 0 Å². The van der Waals surface area contributed by atoms with Crippen LogP contribution in [0.5, 0.6) is 0 Å². The third kappa shape index (κ3) is 2.97. The number of anilines is 1. The van der Waals surface area contributed by atoms with Gasteiger partial charge in [-0.2, -0.15) is 0 Å². The number of rotatable bonds is 3. The number of amides is 1. The summed E-state index contributed by atoms with van der Waals surface area (Å²) in [7, 11) is 0. The van der Waals surface area contributed by atoms with Gasteiger partial charge in [-0.3, -0.25) is 4.79 Å². The van der Waals surface area contributed by atoms with E-state index in [9.17, 15) is 14.7 Å². The lowest BCUT2D eigenvalue weighted by Crippen LogP contribution is -2.31. The summed E-state index contributed by atoms with van der Waals surface area (Å²) in [5.74, 6) is -1.40. The summed E-state index contributed by atoms with van der Waals surface area (Å²) in [6.45, 7) is 0.359. The van der Waals surface area contributed by atoms with Crippen molar-refractivity contribution < 1.29 is 14.7 Å². The highest BCUT2D eigenvalue weighted by Crippen LogP contribution is 2.42. The average molecular weight is 360 g/mol. The molecule has 0 radical (unpaired) electrons. The number of hydrogen-bond acceptors (Lipinski definition) is 4. The Morgan fingerprint density at radius 1 is 0.923 bits per heavy atom. The van der Waals surface area contributed by atoms with E-state index in [4.69, 9.17) is 0 Å². The fraction of sp³-hybridized carbons (Fsp3) is 0.0476. The lowest BCUT2D eigenvalue weighted by atomic mass is 10.1. The van der Waals surface area contributed by atoms with Crippen LogP contribution in [0, 0.1) is 0 Å². The number of carboxylic acid groups (broad SMARTS) is 1. The molecule has 0 bridgehead atoms. The molecule has 1 heterocycles. The van der Waals surface area contributed by atoms with E-state index in [0.717, 1.165) is 15.4 Å². The molecule has 0 spiro atoms. The minimum Gasteiger partial charge on any atom is -0.545 e. The maximum absolute atomic E-state index is 13.2.